The van der Waals surface area contributed by atoms with Crippen molar-refractivity contribution in [3.05, 3.63) is 23.3 Å². The number of allylic oxidation sites excluding steroid dienone is 4. The summed E-state index contributed by atoms with van der Waals surface area (Å²) < 4.78 is 5.05. The van der Waals surface area contributed by atoms with Crippen molar-refractivity contribution in [2.24, 2.45) is 17.3 Å². The zero-order valence-corrected chi connectivity index (χ0v) is 12.7. The SMILES string of the molecule is CC(C)=CCC/C(C)=C/CC[C@@]1(C)C2COC(=O)C21. The van der Waals surface area contributed by atoms with Crippen molar-refractivity contribution in [1.82, 2.24) is 0 Å². The zero-order valence-electron chi connectivity index (χ0n) is 12.7. The Morgan fingerprint density at radius 1 is 1.32 bits per heavy atom. The molecule has 0 aromatic rings. The number of hydrogen-bond acceptors (Lipinski definition) is 2. The first-order chi connectivity index (χ1) is 8.95. The number of ether oxygens (including phenoxy) is 1. The van der Waals surface area contributed by atoms with Gasteiger partial charge in [-0.15, -0.1) is 0 Å². The first-order valence-electron chi connectivity index (χ1n) is 7.41. The Hall–Kier alpha value is -1.05. The maximum absolute atomic E-state index is 11.5. The molecule has 1 saturated heterocycles. The van der Waals surface area contributed by atoms with Gasteiger partial charge in [0, 0.05) is 5.92 Å². The lowest BCUT2D eigenvalue weighted by Gasteiger charge is -2.13. The second kappa shape index (κ2) is 5.52. The lowest BCUT2D eigenvalue weighted by atomic mass is 9.96. The van der Waals surface area contributed by atoms with Gasteiger partial charge < -0.3 is 4.74 Å². The Morgan fingerprint density at radius 2 is 2.05 bits per heavy atom. The molecule has 1 aliphatic carbocycles. The van der Waals surface area contributed by atoms with Crippen molar-refractivity contribution in [2.75, 3.05) is 6.61 Å². The van der Waals surface area contributed by atoms with Crippen molar-refractivity contribution in [3.8, 4) is 0 Å². The van der Waals surface area contributed by atoms with Crippen molar-refractivity contribution in [3.63, 3.8) is 0 Å². The summed E-state index contributed by atoms with van der Waals surface area (Å²) in [5, 5.41) is 0. The van der Waals surface area contributed by atoms with E-state index in [0.717, 1.165) is 25.7 Å². The van der Waals surface area contributed by atoms with Gasteiger partial charge in [-0.1, -0.05) is 30.2 Å². The van der Waals surface area contributed by atoms with Gasteiger partial charge in [0.2, 0.25) is 0 Å². The molecule has 0 bridgehead atoms. The first-order valence-corrected chi connectivity index (χ1v) is 7.41. The molecule has 2 unspecified atom stereocenters. The average molecular weight is 262 g/mol. The Balaban J connectivity index is 1.72. The van der Waals surface area contributed by atoms with Gasteiger partial charge in [-0.25, -0.2) is 0 Å². The highest BCUT2D eigenvalue weighted by molar-refractivity contribution is 5.80. The van der Waals surface area contributed by atoms with E-state index in [9.17, 15) is 4.79 Å². The summed E-state index contributed by atoms with van der Waals surface area (Å²) >= 11 is 0. The van der Waals surface area contributed by atoms with Crippen LogP contribution in [-0.4, -0.2) is 12.6 Å². The number of carbonyl (C=O) groups excluding carboxylic acids is 1. The van der Waals surface area contributed by atoms with Crippen LogP contribution in [0.2, 0.25) is 0 Å². The number of cyclic esters (lactones) is 1. The van der Waals surface area contributed by atoms with Gasteiger partial charge in [-0.3, -0.25) is 4.79 Å². The number of rotatable bonds is 6. The Morgan fingerprint density at radius 3 is 2.63 bits per heavy atom. The Labute approximate surface area is 116 Å². The van der Waals surface area contributed by atoms with Crippen LogP contribution in [0.15, 0.2) is 23.3 Å². The van der Waals surface area contributed by atoms with E-state index in [1.54, 1.807) is 0 Å². The summed E-state index contributed by atoms with van der Waals surface area (Å²) in [5.74, 6) is 0.739. The Bertz CT molecular complexity index is 415. The summed E-state index contributed by atoms with van der Waals surface area (Å²) in [6.07, 6.45) is 9.15. The van der Waals surface area contributed by atoms with E-state index in [1.807, 2.05) is 0 Å². The van der Waals surface area contributed by atoms with E-state index in [0.29, 0.717) is 12.5 Å². The van der Waals surface area contributed by atoms with Crippen molar-refractivity contribution in [2.45, 2.75) is 53.4 Å². The van der Waals surface area contributed by atoms with E-state index in [4.69, 9.17) is 4.74 Å². The molecule has 0 aromatic heterocycles. The van der Waals surface area contributed by atoms with Gasteiger partial charge in [0.05, 0.1) is 12.5 Å². The van der Waals surface area contributed by atoms with Crippen molar-refractivity contribution in [1.29, 1.82) is 0 Å². The predicted molar refractivity (Wildman–Crippen MR) is 77.7 cm³/mol. The minimum atomic E-state index is 0.0387. The largest absolute Gasteiger partial charge is 0.465 e. The summed E-state index contributed by atoms with van der Waals surface area (Å²) in [4.78, 5) is 11.5. The maximum atomic E-state index is 11.5. The molecule has 1 saturated carbocycles. The molecular formula is C17H26O2. The van der Waals surface area contributed by atoms with Crippen molar-refractivity contribution < 1.29 is 9.53 Å². The van der Waals surface area contributed by atoms with E-state index >= 15 is 0 Å². The molecule has 0 radical (unpaired) electrons. The molecule has 0 amide bonds. The van der Waals surface area contributed by atoms with E-state index in [1.165, 1.54) is 11.1 Å². The third-order valence-electron chi connectivity index (χ3n) is 4.78. The average Bonchev–Trinajstić information content (AvgIpc) is 2.68. The summed E-state index contributed by atoms with van der Waals surface area (Å²) in [6.45, 7) is 9.40. The van der Waals surface area contributed by atoms with Crippen LogP contribution >= 0.6 is 0 Å². The smallest absolute Gasteiger partial charge is 0.309 e. The van der Waals surface area contributed by atoms with Crippen LogP contribution in [0.25, 0.3) is 0 Å². The van der Waals surface area contributed by atoms with Crippen LogP contribution < -0.4 is 0 Å². The van der Waals surface area contributed by atoms with Gasteiger partial charge in [0.25, 0.3) is 0 Å². The normalized spacial score (nSPS) is 32.8. The second-order valence-corrected chi connectivity index (χ2v) is 6.63. The molecule has 2 nitrogen and oxygen atoms in total. The molecule has 19 heavy (non-hydrogen) atoms. The van der Waals surface area contributed by atoms with Gasteiger partial charge in [0.15, 0.2) is 0 Å². The van der Waals surface area contributed by atoms with E-state index < -0.39 is 0 Å². The molecule has 3 atom stereocenters. The van der Waals surface area contributed by atoms with Crippen LogP contribution in [-0.2, 0) is 9.53 Å². The van der Waals surface area contributed by atoms with E-state index in [2.05, 4.69) is 39.8 Å². The lowest BCUT2D eigenvalue weighted by molar-refractivity contribution is -0.143. The number of esters is 1. The zero-order chi connectivity index (χ0) is 14.0. The summed E-state index contributed by atoms with van der Waals surface area (Å²) in [5.41, 5.74) is 3.09. The molecule has 0 aromatic carbocycles. The van der Waals surface area contributed by atoms with E-state index in [-0.39, 0.29) is 17.3 Å². The fourth-order valence-corrected chi connectivity index (χ4v) is 3.30. The van der Waals surface area contributed by atoms with Crippen LogP contribution in [0.5, 0.6) is 0 Å². The third-order valence-corrected chi connectivity index (χ3v) is 4.78. The first kappa shape index (κ1) is 14.4. The summed E-state index contributed by atoms with van der Waals surface area (Å²) in [6, 6.07) is 0. The monoisotopic (exact) mass is 262 g/mol. The van der Waals surface area contributed by atoms with Gasteiger partial charge in [-0.05, 0) is 51.9 Å². The molecule has 0 N–H and O–H groups in total. The molecule has 1 heterocycles. The molecule has 0 spiro atoms. The van der Waals surface area contributed by atoms with Gasteiger partial charge >= 0.3 is 5.97 Å². The molecule has 106 valence electrons. The number of carbonyl (C=O) groups is 1. The fourth-order valence-electron chi connectivity index (χ4n) is 3.30. The lowest BCUT2D eigenvalue weighted by Crippen LogP contribution is -2.13. The minimum Gasteiger partial charge on any atom is -0.465 e. The van der Waals surface area contributed by atoms with Crippen LogP contribution in [0, 0.1) is 17.3 Å². The second-order valence-electron chi connectivity index (χ2n) is 6.63. The van der Waals surface area contributed by atoms with Crippen LogP contribution in [0.4, 0.5) is 0 Å². The number of fused-ring (bicyclic) bond motifs is 1. The van der Waals surface area contributed by atoms with Crippen molar-refractivity contribution >= 4 is 5.97 Å². The fraction of sp³-hybridized carbons (Fsp3) is 0.706. The third kappa shape index (κ3) is 3.10. The quantitative estimate of drug-likeness (QED) is 0.528. The molecule has 2 heteroatoms. The summed E-state index contributed by atoms with van der Waals surface area (Å²) in [7, 11) is 0. The minimum absolute atomic E-state index is 0.0387. The van der Waals surface area contributed by atoms with Gasteiger partial charge in [0.1, 0.15) is 0 Å². The highest BCUT2D eigenvalue weighted by atomic mass is 16.5. The molecular weight excluding hydrogens is 236 g/mol. The van der Waals surface area contributed by atoms with Gasteiger partial charge in [-0.2, -0.15) is 0 Å². The molecule has 1 aliphatic heterocycles. The predicted octanol–water partition coefficient (Wildman–Crippen LogP) is 4.27. The standard InChI is InChI=1S/C17H26O2/c1-12(2)7-5-8-13(3)9-6-10-17(4)14-11-19-16(18)15(14)17/h7,9,14-15H,5-6,8,10-11H2,1-4H3/b13-9+/t14?,15?,17-/m0/s1. The van der Waals surface area contributed by atoms with Crippen LogP contribution in [0.1, 0.15) is 53.4 Å². The highest BCUT2D eigenvalue weighted by Crippen LogP contribution is 2.64. The molecule has 2 aliphatic rings. The molecule has 2 rings (SSSR count). The topological polar surface area (TPSA) is 26.3 Å². The molecule has 2 fully saturated rings. The number of hydrogen-bond donors (Lipinski definition) is 0. The van der Waals surface area contributed by atoms with Crippen LogP contribution in [0.3, 0.4) is 0 Å². The highest BCUT2D eigenvalue weighted by Gasteiger charge is 2.68. The maximum Gasteiger partial charge on any atom is 0.309 e. The Kier molecular flexibility index (Phi) is 4.17.